The van der Waals surface area contributed by atoms with Crippen molar-refractivity contribution in [3.05, 3.63) is 32.2 Å². The first-order valence-corrected chi connectivity index (χ1v) is 4.37. The summed E-state index contributed by atoms with van der Waals surface area (Å²) in [7, 11) is 0. The third-order valence-corrected chi connectivity index (χ3v) is 2.15. The molecule has 1 N–H and O–H groups in total. The highest BCUT2D eigenvalue weighted by Crippen LogP contribution is 2.16. The number of hydrogen-bond acceptors (Lipinski definition) is 4. The van der Waals surface area contributed by atoms with Crippen LogP contribution in [0.4, 0.5) is 0 Å². The molecule has 0 saturated heterocycles. The Labute approximate surface area is 83.2 Å². The Morgan fingerprint density at radius 3 is 3.00 bits per heavy atom. The summed E-state index contributed by atoms with van der Waals surface area (Å²) in [5.41, 5.74) is 7.77. The van der Waals surface area contributed by atoms with Gasteiger partial charge in [0.25, 0.3) is 0 Å². The Balaban J connectivity index is 3.04. The van der Waals surface area contributed by atoms with Crippen LogP contribution in [-0.4, -0.2) is 16.1 Å². The quantitative estimate of drug-likeness (QED) is 0.358. The van der Waals surface area contributed by atoms with Crippen LogP contribution in [0.25, 0.3) is 16.5 Å². The number of aliphatic carboxylic acids is 1. The maximum atomic E-state index is 10.6. The smallest absolute Gasteiger partial charge is 0.338 e. The van der Waals surface area contributed by atoms with Gasteiger partial charge in [0.05, 0.1) is 5.01 Å². The third kappa shape index (κ3) is 2.58. The minimum absolute atomic E-state index is 0.337. The standard InChI is InChI=1S/C7H6N4O2S/c1-4-9-3-5(14-4)2-6(7(12)13)10-11-8/h2-3H,1H3,(H,12,13). The number of carboxylic acids is 1. The maximum absolute atomic E-state index is 10.6. The summed E-state index contributed by atoms with van der Waals surface area (Å²) in [6, 6.07) is 0. The molecule has 0 atom stereocenters. The van der Waals surface area contributed by atoms with Crippen molar-refractivity contribution in [3.63, 3.8) is 0 Å². The highest BCUT2D eigenvalue weighted by atomic mass is 32.1. The normalized spacial score (nSPS) is 10.8. The molecule has 0 amide bonds. The van der Waals surface area contributed by atoms with Crippen molar-refractivity contribution < 1.29 is 9.90 Å². The van der Waals surface area contributed by atoms with E-state index in [2.05, 4.69) is 15.0 Å². The third-order valence-electron chi connectivity index (χ3n) is 1.29. The summed E-state index contributed by atoms with van der Waals surface area (Å²) < 4.78 is 0. The first-order chi connectivity index (χ1) is 6.63. The lowest BCUT2D eigenvalue weighted by Crippen LogP contribution is -1.95. The number of rotatable bonds is 3. The van der Waals surface area contributed by atoms with Crippen LogP contribution < -0.4 is 0 Å². The summed E-state index contributed by atoms with van der Waals surface area (Å²) in [6.45, 7) is 1.80. The SMILES string of the molecule is Cc1ncc(C=C(N=[N+]=[N-])C(=O)O)s1. The highest BCUT2D eigenvalue weighted by Gasteiger charge is 2.05. The molecule has 1 aromatic rings. The molecule has 72 valence electrons. The van der Waals surface area contributed by atoms with Gasteiger partial charge in [0.15, 0.2) is 0 Å². The van der Waals surface area contributed by atoms with Crippen LogP contribution in [-0.2, 0) is 4.79 Å². The molecule has 0 radical (unpaired) electrons. The zero-order chi connectivity index (χ0) is 10.6. The van der Waals surface area contributed by atoms with Gasteiger partial charge >= 0.3 is 5.97 Å². The van der Waals surface area contributed by atoms with Gasteiger partial charge in [0.1, 0.15) is 5.70 Å². The lowest BCUT2D eigenvalue weighted by atomic mass is 10.4. The minimum Gasteiger partial charge on any atom is -0.478 e. The average Bonchev–Trinajstić information content (AvgIpc) is 2.50. The molecule has 0 spiro atoms. The van der Waals surface area contributed by atoms with E-state index < -0.39 is 5.97 Å². The molecule has 6 nitrogen and oxygen atoms in total. The number of azide groups is 1. The van der Waals surface area contributed by atoms with Gasteiger partial charge in [-0.15, -0.1) is 11.3 Å². The maximum Gasteiger partial charge on any atom is 0.338 e. The molecule has 14 heavy (non-hydrogen) atoms. The zero-order valence-corrected chi connectivity index (χ0v) is 8.02. The lowest BCUT2D eigenvalue weighted by molar-refractivity contribution is -0.132. The van der Waals surface area contributed by atoms with E-state index in [0.29, 0.717) is 4.88 Å². The van der Waals surface area contributed by atoms with Gasteiger partial charge in [-0.25, -0.2) is 9.78 Å². The highest BCUT2D eigenvalue weighted by molar-refractivity contribution is 7.12. The van der Waals surface area contributed by atoms with E-state index in [1.54, 1.807) is 6.92 Å². The molecule has 0 fully saturated rings. The summed E-state index contributed by atoms with van der Waals surface area (Å²) in [5.74, 6) is -1.26. The number of carboxylic acid groups (broad SMARTS) is 1. The van der Waals surface area contributed by atoms with Gasteiger partial charge in [0.2, 0.25) is 0 Å². The van der Waals surface area contributed by atoms with Gasteiger partial charge in [0, 0.05) is 16.0 Å². The monoisotopic (exact) mass is 210 g/mol. The number of aryl methyl sites for hydroxylation is 1. The van der Waals surface area contributed by atoms with E-state index in [9.17, 15) is 4.79 Å². The number of carbonyl (C=O) groups is 1. The van der Waals surface area contributed by atoms with E-state index in [0.717, 1.165) is 5.01 Å². The lowest BCUT2D eigenvalue weighted by Gasteiger charge is -1.89. The molecule has 1 heterocycles. The van der Waals surface area contributed by atoms with Gasteiger partial charge in [-0.2, -0.15) is 0 Å². The number of hydrogen-bond donors (Lipinski definition) is 1. The Kier molecular flexibility index (Phi) is 3.22. The predicted molar refractivity (Wildman–Crippen MR) is 51.6 cm³/mol. The average molecular weight is 210 g/mol. The van der Waals surface area contributed by atoms with E-state index in [1.807, 2.05) is 0 Å². The van der Waals surface area contributed by atoms with E-state index in [4.69, 9.17) is 10.6 Å². The van der Waals surface area contributed by atoms with Crippen molar-refractivity contribution in [1.29, 1.82) is 0 Å². The molecule has 0 bridgehead atoms. The van der Waals surface area contributed by atoms with Crippen LogP contribution in [0, 0.1) is 6.92 Å². The van der Waals surface area contributed by atoms with Crippen molar-refractivity contribution in [3.8, 4) is 0 Å². The molecule has 7 heteroatoms. The van der Waals surface area contributed by atoms with Crippen molar-refractivity contribution in [2.45, 2.75) is 6.92 Å². The number of thiazole rings is 1. The summed E-state index contributed by atoms with van der Waals surface area (Å²) in [6.07, 6.45) is 2.81. The topological polar surface area (TPSA) is 99.0 Å². The van der Waals surface area contributed by atoms with Crippen LogP contribution >= 0.6 is 11.3 Å². The van der Waals surface area contributed by atoms with Gasteiger partial charge in [-0.3, -0.25) is 0 Å². The van der Waals surface area contributed by atoms with Crippen LogP contribution in [0.5, 0.6) is 0 Å². The summed E-state index contributed by atoms with van der Waals surface area (Å²) in [4.78, 5) is 17.6. The van der Waals surface area contributed by atoms with Crippen LogP contribution in [0.15, 0.2) is 17.0 Å². The van der Waals surface area contributed by atoms with Gasteiger partial charge in [-0.1, -0.05) is 5.11 Å². The Bertz CT molecular complexity index is 427. The molecular formula is C7H6N4O2S. The fourth-order valence-corrected chi connectivity index (χ4v) is 1.48. The van der Waals surface area contributed by atoms with Crippen LogP contribution in [0.1, 0.15) is 9.88 Å². The Morgan fingerprint density at radius 2 is 2.57 bits per heavy atom. The molecule has 0 aliphatic rings. The predicted octanol–water partition coefficient (Wildman–Crippen LogP) is 2.19. The first-order valence-electron chi connectivity index (χ1n) is 3.56. The molecule has 0 saturated carbocycles. The van der Waals surface area contributed by atoms with E-state index in [-0.39, 0.29) is 5.70 Å². The molecule has 0 aliphatic carbocycles. The molecular weight excluding hydrogens is 204 g/mol. The second-order valence-corrected chi connectivity index (χ2v) is 3.57. The second-order valence-electron chi connectivity index (χ2n) is 2.31. The zero-order valence-electron chi connectivity index (χ0n) is 7.21. The number of nitrogens with zero attached hydrogens (tertiary/aromatic N) is 4. The number of aromatic nitrogens is 1. The molecule has 0 aliphatic heterocycles. The Hall–Kier alpha value is -1.85. The minimum atomic E-state index is -1.26. The fraction of sp³-hybridized carbons (Fsp3) is 0.143. The fourth-order valence-electron chi connectivity index (χ4n) is 0.761. The van der Waals surface area contributed by atoms with Crippen molar-refractivity contribution >= 4 is 23.4 Å². The van der Waals surface area contributed by atoms with Crippen molar-refractivity contribution in [2.24, 2.45) is 5.11 Å². The van der Waals surface area contributed by atoms with E-state index in [1.165, 1.54) is 23.6 Å². The Morgan fingerprint density at radius 1 is 1.86 bits per heavy atom. The largest absolute Gasteiger partial charge is 0.478 e. The van der Waals surface area contributed by atoms with Crippen LogP contribution in [0.3, 0.4) is 0 Å². The van der Waals surface area contributed by atoms with Gasteiger partial charge in [-0.05, 0) is 18.5 Å². The molecule has 0 unspecified atom stereocenters. The summed E-state index contributed by atoms with van der Waals surface area (Å²) >= 11 is 1.33. The molecule has 1 aromatic heterocycles. The van der Waals surface area contributed by atoms with Gasteiger partial charge < -0.3 is 5.11 Å². The molecule has 0 aromatic carbocycles. The molecule has 1 rings (SSSR count). The van der Waals surface area contributed by atoms with E-state index >= 15 is 0 Å². The van der Waals surface area contributed by atoms with Crippen molar-refractivity contribution in [2.75, 3.05) is 0 Å². The van der Waals surface area contributed by atoms with Crippen LogP contribution in [0.2, 0.25) is 0 Å². The second kappa shape index (κ2) is 4.40. The first kappa shape index (κ1) is 10.2. The summed E-state index contributed by atoms with van der Waals surface area (Å²) in [5, 5.41) is 12.5. The van der Waals surface area contributed by atoms with Crippen molar-refractivity contribution in [1.82, 2.24) is 4.98 Å².